The molecule has 0 aliphatic carbocycles. The fraction of sp³-hybridized carbons (Fsp3) is 0.333. The summed E-state index contributed by atoms with van der Waals surface area (Å²) in [6.45, 7) is 3.29. The second-order valence-electron chi connectivity index (χ2n) is 6.89. The van der Waals surface area contributed by atoms with Gasteiger partial charge in [-0.3, -0.25) is 4.79 Å². The second kappa shape index (κ2) is 13.2. The molecule has 0 atom stereocenters. The van der Waals surface area contributed by atoms with Crippen LogP contribution < -0.4 is 20.5 Å². The van der Waals surface area contributed by atoms with Crippen molar-refractivity contribution >= 4 is 45.9 Å². The Bertz CT molecular complexity index is 1010. The third-order valence-electron chi connectivity index (χ3n) is 4.30. The highest BCUT2D eigenvalue weighted by Crippen LogP contribution is 2.17. The molecule has 0 radical (unpaired) electrons. The van der Waals surface area contributed by atoms with E-state index in [1.165, 1.54) is 17.0 Å². The minimum Gasteiger partial charge on any atom is -0.494 e. The van der Waals surface area contributed by atoms with E-state index in [9.17, 15) is 13.2 Å². The molecule has 0 saturated carbocycles. The maximum Gasteiger partial charge on any atom is 0.241 e. The van der Waals surface area contributed by atoms with E-state index in [2.05, 4.69) is 15.6 Å². The highest BCUT2D eigenvalue weighted by Gasteiger charge is 2.09. The zero-order valence-electron chi connectivity index (χ0n) is 18.4. The highest BCUT2D eigenvalue weighted by molar-refractivity contribution is 14.0. The van der Waals surface area contributed by atoms with Crippen molar-refractivity contribution < 1.29 is 17.9 Å². The molecule has 0 aromatic heterocycles. The number of guanidine groups is 1. The molecule has 1 amide bonds. The lowest BCUT2D eigenvalue weighted by Gasteiger charge is -2.16. The third-order valence-corrected chi connectivity index (χ3v) is 5.23. The Morgan fingerprint density at radius 2 is 1.75 bits per heavy atom. The number of amides is 1. The molecule has 32 heavy (non-hydrogen) atoms. The first-order chi connectivity index (χ1) is 14.7. The summed E-state index contributed by atoms with van der Waals surface area (Å²) in [7, 11) is -0.379. The van der Waals surface area contributed by atoms with Gasteiger partial charge in [0.15, 0.2) is 5.96 Å². The van der Waals surface area contributed by atoms with Crippen LogP contribution in [0.1, 0.15) is 18.1 Å². The van der Waals surface area contributed by atoms with Gasteiger partial charge in [0.25, 0.3) is 0 Å². The van der Waals surface area contributed by atoms with Gasteiger partial charge in [-0.2, -0.15) is 0 Å². The Morgan fingerprint density at radius 3 is 2.34 bits per heavy atom. The predicted molar refractivity (Wildman–Crippen MR) is 136 cm³/mol. The summed E-state index contributed by atoms with van der Waals surface area (Å²) >= 11 is 0. The lowest BCUT2D eigenvalue weighted by molar-refractivity contribution is -0.127. The van der Waals surface area contributed by atoms with Crippen LogP contribution in [0.15, 0.2) is 58.4 Å². The average molecular weight is 575 g/mol. The van der Waals surface area contributed by atoms with Crippen molar-refractivity contribution in [3.05, 3.63) is 59.7 Å². The van der Waals surface area contributed by atoms with Gasteiger partial charge in [-0.1, -0.05) is 30.3 Å². The summed E-state index contributed by atoms with van der Waals surface area (Å²) in [6.07, 6.45) is 0. The Kier molecular flexibility index (Phi) is 11.4. The number of nitrogens with two attached hydrogens (primary N) is 1. The second-order valence-corrected chi connectivity index (χ2v) is 8.45. The number of likely N-dealkylation sites (N-methyl/N-ethyl adjacent to an activating group) is 1. The number of benzene rings is 2. The number of primary sulfonamides is 1. The van der Waals surface area contributed by atoms with E-state index < -0.39 is 10.0 Å². The summed E-state index contributed by atoms with van der Waals surface area (Å²) in [5, 5.41) is 11.4. The fourth-order valence-corrected chi connectivity index (χ4v) is 3.09. The van der Waals surface area contributed by atoms with Crippen molar-refractivity contribution in [2.45, 2.75) is 24.9 Å². The number of aliphatic imine (C=N–C) groups is 1. The molecule has 11 heteroatoms. The Hall–Kier alpha value is -2.38. The highest BCUT2D eigenvalue weighted by atomic mass is 127. The molecule has 0 heterocycles. The normalized spacial score (nSPS) is 11.3. The number of para-hydroxylation sites is 1. The van der Waals surface area contributed by atoms with Crippen LogP contribution in [-0.4, -0.2) is 52.4 Å². The minimum atomic E-state index is -3.74. The first kappa shape index (κ1) is 27.7. The molecule has 9 nitrogen and oxygen atoms in total. The quantitative estimate of drug-likeness (QED) is 0.237. The first-order valence-electron chi connectivity index (χ1n) is 9.75. The van der Waals surface area contributed by atoms with Gasteiger partial charge in [0, 0.05) is 26.2 Å². The van der Waals surface area contributed by atoms with Crippen molar-refractivity contribution in [2.24, 2.45) is 10.1 Å². The molecule has 2 aromatic rings. The molecule has 0 fully saturated rings. The van der Waals surface area contributed by atoms with Gasteiger partial charge in [-0.25, -0.2) is 18.5 Å². The maximum absolute atomic E-state index is 12.0. The van der Waals surface area contributed by atoms with Crippen LogP contribution in [0.4, 0.5) is 0 Å². The molecular formula is C21H30IN5O4S. The van der Waals surface area contributed by atoms with Crippen LogP contribution in [0.25, 0.3) is 0 Å². The average Bonchev–Trinajstić information content (AvgIpc) is 2.73. The summed E-state index contributed by atoms with van der Waals surface area (Å²) in [5.74, 6) is 1.12. The molecule has 0 aliphatic rings. The predicted octanol–water partition coefficient (Wildman–Crippen LogP) is 1.67. The van der Waals surface area contributed by atoms with E-state index in [1.807, 2.05) is 31.2 Å². The van der Waals surface area contributed by atoms with E-state index in [0.717, 1.165) is 16.9 Å². The van der Waals surface area contributed by atoms with E-state index in [4.69, 9.17) is 9.88 Å². The van der Waals surface area contributed by atoms with Gasteiger partial charge in [0.1, 0.15) is 5.75 Å². The van der Waals surface area contributed by atoms with Gasteiger partial charge in [-0.15, -0.1) is 24.0 Å². The van der Waals surface area contributed by atoms with Gasteiger partial charge in [-0.05, 0) is 30.7 Å². The van der Waals surface area contributed by atoms with Crippen molar-refractivity contribution in [1.29, 1.82) is 0 Å². The Labute approximate surface area is 206 Å². The third kappa shape index (κ3) is 9.01. The molecule has 176 valence electrons. The number of nitrogens with one attached hydrogen (secondary N) is 2. The topological polar surface area (TPSA) is 126 Å². The number of halogens is 1. The van der Waals surface area contributed by atoms with Crippen LogP contribution in [0.3, 0.4) is 0 Å². The van der Waals surface area contributed by atoms with Crippen LogP contribution in [0.5, 0.6) is 5.75 Å². The van der Waals surface area contributed by atoms with Crippen molar-refractivity contribution in [2.75, 3.05) is 27.2 Å². The summed E-state index contributed by atoms with van der Waals surface area (Å²) in [5.41, 5.74) is 1.75. The Morgan fingerprint density at radius 1 is 1.09 bits per heavy atom. The molecule has 0 saturated heterocycles. The van der Waals surface area contributed by atoms with Gasteiger partial charge in [0.2, 0.25) is 15.9 Å². The van der Waals surface area contributed by atoms with Gasteiger partial charge < -0.3 is 20.3 Å². The molecule has 0 unspecified atom stereocenters. The molecule has 4 N–H and O–H groups in total. The van der Waals surface area contributed by atoms with Crippen molar-refractivity contribution in [3.63, 3.8) is 0 Å². The standard InChI is InChI=1S/C21H29N5O4S.HI/c1-4-30-19-8-6-5-7-17(19)14-24-21(25-15-20(27)26(2)3)23-13-16-9-11-18(12-10-16)31(22,28)29;/h5-12H,4,13-15H2,1-3H3,(H2,22,28,29)(H2,23,24,25);1H. The molecule has 2 rings (SSSR count). The largest absolute Gasteiger partial charge is 0.494 e. The van der Waals surface area contributed by atoms with Crippen LogP contribution in [0, 0.1) is 0 Å². The number of rotatable bonds is 9. The maximum atomic E-state index is 12.0. The SMILES string of the molecule is CCOc1ccccc1CNC(=NCc1ccc(S(N)(=O)=O)cc1)NCC(=O)N(C)C.I. The van der Waals surface area contributed by atoms with E-state index in [0.29, 0.717) is 19.1 Å². The van der Waals surface area contributed by atoms with Gasteiger partial charge >= 0.3 is 0 Å². The van der Waals surface area contributed by atoms with Crippen LogP contribution in [-0.2, 0) is 27.9 Å². The molecule has 0 aliphatic heterocycles. The summed E-state index contributed by atoms with van der Waals surface area (Å²) < 4.78 is 28.4. The lowest BCUT2D eigenvalue weighted by Crippen LogP contribution is -2.42. The van der Waals surface area contributed by atoms with Crippen molar-refractivity contribution in [3.8, 4) is 5.75 Å². The van der Waals surface area contributed by atoms with Crippen LogP contribution in [0.2, 0.25) is 0 Å². The molecular weight excluding hydrogens is 545 g/mol. The first-order valence-corrected chi connectivity index (χ1v) is 11.3. The summed E-state index contributed by atoms with van der Waals surface area (Å²) in [4.78, 5) is 18.0. The van der Waals surface area contributed by atoms with Gasteiger partial charge in [0.05, 0.1) is 24.6 Å². The fourth-order valence-electron chi connectivity index (χ4n) is 2.57. The number of nitrogens with zero attached hydrogens (tertiary/aromatic N) is 2. The number of carbonyl (C=O) groups is 1. The molecule has 2 aromatic carbocycles. The van der Waals surface area contributed by atoms with Crippen molar-refractivity contribution in [1.82, 2.24) is 15.5 Å². The van der Waals surface area contributed by atoms with Crippen LogP contribution >= 0.6 is 24.0 Å². The zero-order valence-corrected chi connectivity index (χ0v) is 21.5. The smallest absolute Gasteiger partial charge is 0.241 e. The Balaban J connectivity index is 0.00000512. The lowest BCUT2D eigenvalue weighted by atomic mass is 10.2. The number of ether oxygens (including phenoxy) is 1. The number of hydrogen-bond acceptors (Lipinski definition) is 5. The zero-order chi connectivity index (χ0) is 22.9. The monoisotopic (exact) mass is 575 g/mol. The molecule has 0 spiro atoms. The number of hydrogen-bond donors (Lipinski definition) is 3. The van der Waals surface area contributed by atoms with E-state index in [-0.39, 0.29) is 47.9 Å². The van der Waals surface area contributed by atoms with E-state index >= 15 is 0 Å². The number of sulfonamides is 1. The summed E-state index contributed by atoms with van der Waals surface area (Å²) in [6, 6.07) is 13.9. The number of carbonyl (C=O) groups excluding carboxylic acids is 1. The van der Waals surface area contributed by atoms with E-state index in [1.54, 1.807) is 26.2 Å². The minimum absolute atomic E-state index is 0. The molecule has 0 bridgehead atoms.